The predicted octanol–water partition coefficient (Wildman–Crippen LogP) is 4.04. The van der Waals surface area contributed by atoms with Crippen LogP contribution in [0.15, 0.2) is 66.7 Å². The van der Waals surface area contributed by atoms with E-state index >= 15 is 0 Å². The van der Waals surface area contributed by atoms with Crippen molar-refractivity contribution in [3.63, 3.8) is 0 Å². The standard InChI is InChI=1S/C25H26N4O2/c1-17-15-18(2)26-23-22(17)24(28-29(23)4)31-16-21(30)27-25(3,19-11-7-5-8-12-19)20-13-9-6-10-14-20/h5-15H,16H2,1-4H3,(H,27,30). The molecule has 0 saturated heterocycles. The molecule has 0 bridgehead atoms. The van der Waals surface area contributed by atoms with Crippen LogP contribution in [-0.2, 0) is 17.4 Å². The van der Waals surface area contributed by atoms with Gasteiger partial charge >= 0.3 is 0 Å². The first-order chi connectivity index (χ1) is 14.9. The zero-order valence-corrected chi connectivity index (χ0v) is 18.2. The number of aromatic nitrogens is 3. The van der Waals surface area contributed by atoms with Crippen LogP contribution in [0.2, 0.25) is 0 Å². The number of pyridine rings is 1. The molecule has 0 unspecified atom stereocenters. The SMILES string of the molecule is Cc1cc(C)c2c(OCC(=O)NC(C)(c3ccccc3)c3ccccc3)nn(C)c2n1. The maximum Gasteiger partial charge on any atom is 0.258 e. The minimum absolute atomic E-state index is 0.144. The van der Waals surface area contributed by atoms with E-state index in [1.165, 1.54) is 0 Å². The van der Waals surface area contributed by atoms with E-state index in [1.807, 2.05) is 94.5 Å². The van der Waals surface area contributed by atoms with Gasteiger partial charge in [0.25, 0.3) is 5.91 Å². The number of ether oxygens (including phenoxy) is 1. The van der Waals surface area contributed by atoms with E-state index in [-0.39, 0.29) is 12.5 Å². The summed E-state index contributed by atoms with van der Waals surface area (Å²) in [6.45, 7) is 5.80. The number of nitrogens with zero attached hydrogens (tertiary/aromatic N) is 3. The lowest BCUT2D eigenvalue weighted by atomic mass is 9.84. The lowest BCUT2D eigenvalue weighted by molar-refractivity contribution is -0.124. The van der Waals surface area contributed by atoms with Crippen LogP contribution in [0.4, 0.5) is 0 Å². The van der Waals surface area contributed by atoms with Crippen LogP contribution >= 0.6 is 0 Å². The average molecular weight is 415 g/mol. The molecule has 6 heteroatoms. The van der Waals surface area contributed by atoms with Crippen molar-refractivity contribution in [3.8, 4) is 5.88 Å². The average Bonchev–Trinajstić information content (AvgIpc) is 3.09. The number of fused-ring (bicyclic) bond motifs is 1. The largest absolute Gasteiger partial charge is 0.466 e. The maximum absolute atomic E-state index is 13.0. The molecule has 2 heterocycles. The van der Waals surface area contributed by atoms with Crippen molar-refractivity contribution in [3.05, 3.63) is 89.1 Å². The molecule has 0 aliphatic carbocycles. The third-order valence-electron chi connectivity index (χ3n) is 5.52. The fraction of sp³-hybridized carbons (Fsp3) is 0.240. The normalized spacial score (nSPS) is 11.5. The van der Waals surface area contributed by atoms with Gasteiger partial charge in [0.2, 0.25) is 5.88 Å². The van der Waals surface area contributed by atoms with Gasteiger partial charge in [0.15, 0.2) is 12.3 Å². The van der Waals surface area contributed by atoms with Gasteiger partial charge in [-0.25, -0.2) is 9.67 Å². The summed E-state index contributed by atoms with van der Waals surface area (Å²) in [7, 11) is 1.82. The Morgan fingerprint density at radius 1 is 1.03 bits per heavy atom. The number of rotatable bonds is 6. The molecule has 1 N–H and O–H groups in total. The Labute approximate surface area is 181 Å². The van der Waals surface area contributed by atoms with Gasteiger partial charge in [0.05, 0.1) is 10.9 Å². The Bertz CT molecular complexity index is 1180. The van der Waals surface area contributed by atoms with Crippen LogP contribution in [-0.4, -0.2) is 27.3 Å². The van der Waals surface area contributed by atoms with Gasteiger partial charge in [-0.1, -0.05) is 60.7 Å². The topological polar surface area (TPSA) is 69.0 Å². The van der Waals surface area contributed by atoms with Crippen molar-refractivity contribution >= 4 is 16.9 Å². The number of benzene rings is 2. The van der Waals surface area contributed by atoms with Crippen LogP contribution in [0.5, 0.6) is 5.88 Å². The van der Waals surface area contributed by atoms with Crippen molar-refractivity contribution in [1.29, 1.82) is 0 Å². The molecule has 0 radical (unpaired) electrons. The molecular weight excluding hydrogens is 388 g/mol. The van der Waals surface area contributed by atoms with Crippen LogP contribution in [0, 0.1) is 13.8 Å². The summed E-state index contributed by atoms with van der Waals surface area (Å²) in [5, 5.41) is 8.42. The van der Waals surface area contributed by atoms with Gasteiger partial charge in [-0.3, -0.25) is 4.79 Å². The van der Waals surface area contributed by atoms with Gasteiger partial charge in [0, 0.05) is 12.7 Å². The summed E-state index contributed by atoms with van der Waals surface area (Å²) in [6.07, 6.45) is 0. The Kier molecular flexibility index (Phi) is 5.46. The van der Waals surface area contributed by atoms with Gasteiger partial charge in [-0.15, -0.1) is 5.10 Å². The number of carbonyl (C=O) groups excluding carboxylic acids is 1. The van der Waals surface area contributed by atoms with Gasteiger partial charge in [-0.05, 0) is 43.5 Å². The van der Waals surface area contributed by atoms with Crippen molar-refractivity contribution in [2.45, 2.75) is 26.3 Å². The molecule has 2 aromatic heterocycles. The highest BCUT2D eigenvalue weighted by Gasteiger charge is 2.30. The second-order valence-corrected chi connectivity index (χ2v) is 7.90. The Morgan fingerprint density at radius 2 is 1.61 bits per heavy atom. The fourth-order valence-corrected chi connectivity index (χ4v) is 3.95. The quantitative estimate of drug-likeness (QED) is 0.517. The second-order valence-electron chi connectivity index (χ2n) is 7.90. The third kappa shape index (κ3) is 4.01. The molecule has 0 saturated carbocycles. The maximum atomic E-state index is 13.0. The van der Waals surface area contributed by atoms with E-state index in [1.54, 1.807) is 4.68 Å². The Hall–Kier alpha value is -3.67. The van der Waals surface area contributed by atoms with E-state index < -0.39 is 5.54 Å². The summed E-state index contributed by atoms with van der Waals surface area (Å²) in [5.41, 5.74) is 3.97. The predicted molar refractivity (Wildman–Crippen MR) is 121 cm³/mol. The second kappa shape index (κ2) is 8.22. The molecule has 0 atom stereocenters. The summed E-state index contributed by atoms with van der Waals surface area (Å²) in [5.74, 6) is 0.186. The molecular formula is C25H26N4O2. The molecule has 2 aromatic carbocycles. The third-order valence-corrected chi connectivity index (χ3v) is 5.52. The number of nitrogens with one attached hydrogen (secondary N) is 1. The lowest BCUT2D eigenvalue weighted by Crippen LogP contribution is -2.46. The number of hydrogen-bond donors (Lipinski definition) is 1. The van der Waals surface area contributed by atoms with Gasteiger partial charge < -0.3 is 10.1 Å². The van der Waals surface area contributed by atoms with Crippen molar-refractivity contribution in [1.82, 2.24) is 20.1 Å². The zero-order valence-electron chi connectivity index (χ0n) is 18.2. The number of aryl methyl sites for hydroxylation is 3. The molecule has 0 aliphatic heterocycles. The summed E-state index contributed by atoms with van der Waals surface area (Å²) < 4.78 is 7.54. The van der Waals surface area contributed by atoms with Crippen LogP contribution in [0.3, 0.4) is 0 Å². The van der Waals surface area contributed by atoms with Gasteiger partial charge in [-0.2, -0.15) is 0 Å². The summed E-state index contributed by atoms with van der Waals surface area (Å²) in [6, 6.07) is 21.8. The zero-order chi connectivity index (χ0) is 22.0. The van der Waals surface area contributed by atoms with Crippen LogP contribution in [0.25, 0.3) is 11.0 Å². The van der Waals surface area contributed by atoms with E-state index in [0.717, 1.165) is 33.4 Å². The smallest absolute Gasteiger partial charge is 0.258 e. The molecule has 6 nitrogen and oxygen atoms in total. The van der Waals surface area contributed by atoms with E-state index in [9.17, 15) is 4.79 Å². The minimum atomic E-state index is -0.691. The van der Waals surface area contributed by atoms with Crippen molar-refractivity contribution in [2.24, 2.45) is 7.05 Å². The number of carbonyl (C=O) groups is 1. The van der Waals surface area contributed by atoms with E-state index in [0.29, 0.717) is 5.88 Å². The minimum Gasteiger partial charge on any atom is -0.466 e. The van der Waals surface area contributed by atoms with Crippen LogP contribution in [0.1, 0.15) is 29.3 Å². The van der Waals surface area contributed by atoms with Crippen LogP contribution < -0.4 is 10.1 Å². The highest BCUT2D eigenvalue weighted by Crippen LogP contribution is 2.30. The molecule has 4 aromatic rings. The number of amides is 1. The van der Waals surface area contributed by atoms with E-state index in [4.69, 9.17) is 4.74 Å². The Morgan fingerprint density at radius 3 is 2.19 bits per heavy atom. The lowest BCUT2D eigenvalue weighted by Gasteiger charge is -2.32. The molecule has 158 valence electrons. The highest BCUT2D eigenvalue weighted by molar-refractivity contribution is 5.86. The van der Waals surface area contributed by atoms with Gasteiger partial charge in [0.1, 0.15) is 0 Å². The molecule has 1 amide bonds. The first kappa shape index (κ1) is 20.6. The molecule has 0 aliphatic rings. The highest BCUT2D eigenvalue weighted by atomic mass is 16.5. The first-order valence-electron chi connectivity index (χ1n) is 10.2. The van der Waals surface area contributed by atoms with E-state index in [2.05, 4.69) is 15.4 Å². The first-order valence-corrected chi connectivity index (χ1v) is 10.2. The molecule has 0 fully saturated rings. The molecule has 0 spiro atoms. The number of hydrogen-bond acceptors (Lipinski definition) is 4. The van der Waals surface area contributed by atoms with Crippen molar-refractivity contribution < 1.29 is 9.53 Å². The Balaban J connectivity index is 1.58. The molecule has 4 rings (SSSR count). The summed E-state index contributed by atoms with van der Waals surface area (Å²) in [4.78, 5) is 17.5. The fourth-order valence-electron chi connectivity index (χ4n) is 3.95. The summed E-state index contributed by atoms with van der Waals surface area (Å²) >= 11 is 0. The monoisotopic (exact) mass is 414 g/mol. The van der Waals surface area contributed by atoms with Crippen molar-refractivity contribution in [2.75, 3.05) is 6.61 Å². The molecule has 31 heavy (non-hydrogen) atoms.